The topological polar surface area (TPSA) is 52.9 Å². The summed E-state index contributed by atoms with van der Waals surface area (Å²) in [7, 11) is 2.06. The zero-order valence-corrected chi connectivity index (χ0v) is 21.1. The Morgan fingerprint density at radius 3 is 1.94 bits per heavy atom. The molecule has 3 nitrogen and oxygen atoms in total. The average Bonchev–Trinajstić information content (AvgIpc) is 2.68. The maximum Gasteiger partial charge on any atom is 0.150 e. The molecule has 1 aliphatic carbocycles. The number of nitrogens with zero attached hydrogens (tertiary/aromatic N) is 1. The van der Waals surface area contributed by atoms with Gasteiger partial charge in [-0.3, -0.25) is 4.79 Å². The van der Waals surface area contributed by atoms with Gasteiger partial charge in [0.05, 0.1) is 10.6 Å². The Morgan fingerprint density at radius 2 is 1.61 bits per heavy atom. The number of nitrogens with one attached hydrogen (secondary N) is 1. The fourth-order valence-electron chi connectivity index (χ4n) is 4.63. The summed E-state index contributed by atoms with van der Waals surface area (Å²) in [5.74, 6) is 0.538. The van der Waals surface area contributed by atoms with Crippen LogP contribution in [0.2, 0.25) is 10.0 Å². The summed E-state index contributed by atoms with van der Waals surface area (Å²) in [6.07, 6.45) is 2.20. The van der Waals surface area contributed by atoms with E-state index in [0.717, 1.165) is 11.8 Å². The van der Waals surface area contributed by atoms with Gasteiger partial charge in [-0.15, -0.1) is 0 Å². The van der Waals surface area contributed by atoms with E-state index in [2.05, 4.69) is 53.9 Å². The molecular weight excluding hydrogens is 427 g/mol. The number of benzene rings is 2. The van der Waals surface area contributed by atoms with Crippen molar-refractivity contribution in [3.63, 3.8) is 0 Å². The van der Waals surface area contributed by atoms with Crippen molar-refractivity contribution in [3.05, 3.63) is 69.2 Å². The molecule has 0 spiro atoms. The Balaban J connectivity index is 0.000000233. The fourth-order valence-corrected chi connectivity index (χ4v) is 5.08. The van der Waals surface area contributed by atoms with Crippen LogP contribution in [0.25, 0.3) is 0 Å². The Morgan fingerprint density at radius 1 is 1.06 bits per heavy atom. The van der Waals surface area contributed by atoms with Gasteiger partial charge >= 0.3 is 0 Å². The van der Waals surface area contributed by atoms with Gasteiger partial charge in [0, 0.05) is 16.6 Å². The van der Waals surface area contributed by atoms with Gasteiger partial charge in [-0.25, -0.2) is 0 Å². The molecule has 3 rings (SSSR count). The minimum Gasteiger partial charge on any atom is -0.316 e. The third-order valence-corrected chi connectivity index (χ3v) is 6.10. The van der Waals surface area contributed by atoms with Crippen LogP contribution in [0, 0.1) is 22.2 Å². The number of carbonyl (C=O) groups is 1. The molecule has 31 heavy (non-hydrogen) atoms. The summed E-state index contributed by atoms with van der Waals surface area (Å²) in [5.41, 5.74) is 3.49. The third kappa shape index (κ3) is 7.96. The van der Waals surface area contributed by atoms with Crippen LogP contribution in [-0.2, 0) is 0 Å². The van der Waals surface area contributed by atoms with Crippen molar-refractivity contribution in [2.45, 2.75) is 59.9 Å². The molecule has 0 atom stereocenters. The van der Waals surface area contributed by atoms with Gasteiger partial charge in [0.25, 0.3) is 0 Å². The second kappa shape index (κ2) is 11.7. The highest BCUT2D eigenvalue weighted by Gasteiger charge is 2.51. The fraction of sp³-hybridized carbons (Fsp3) is 0.462. The minimum absolute atomic E-state index is 0.398. The predicted octanol–water partition coefficient (Wildman–Crippen LogP) is 7.52. The van der Waals surface area contributed by atoms with Crippen molar-refractivity contribution in [3.8, 4) is 6.07 Å². The molecule has 0 saturated heterocycles. The second-order valence-corrected chi connectivity index (χ2v) is 10.4. The number of halogens is 2. The van der Waals surface area contributed by atoms with Gasteiger partial charge in [-0.2, -0.15) is 5.26 Å². The third-order valence-electron chi connectivity index (χ3n) is 5.55. The first-order chi connectivity index (χ1) is 14.4. The van der Waals surface area contributed by atoms with Crippen molar-refractivity contribution in [1.82, 2.24) is 5.32 Å². The first-order valence-electron chi connectivity index (χ1n) is 10.5. The lowest BCUT2D eigenvalue weighted by Crippen LogP contribution is -2.61. The predicted molar refractivity (Wildman–Crippen MR) is 132 cm³/mol. The lowest BCUT2D eigenvalue weighted by Gasteiger charge is -2.57. The maximum absolute atomic E-state index is 10.3. The van der Waals surface area contributed by atoms with Crippen LogP contribution < -0.4 is 5.32 Å². The molecule has 2 aromatic carbocycles. The summed E-state index contributed by atoms with van der Waals surface area (Å²) < 4.78 is 0. The monoisotopic (exact) mass is 460 g/mol. The molecule has 5 heteroatoms. The lowest BCUT2D eigenvalue weighted by molar-refractivity contribution is -0.0364. The first-order valence-corrected chi connectivity index (χ1v) is 11.2. The molecule has 2 aromatic rings. The van der Waals surface area contributed by atoms with Crippen molar-refractivity contribution in [2.75, 3.05) is 7.05 Å². The van der Waals surface area contributed by atoms with Crippen LogP contribution in [-0.4, -0.2) is 19.4 Å². The van der Waals surface area contributed by atoms with Crippen LogP contribution in [0.15, 0.2) is 42.5 Å². The molecule has 0 bridgehead atoms. The zero-order chi connectivity index (χ0) is 23.8. The second-order valence-electron chi connectivity index (χ2n) is 9.55. The molecule has 0 aliphatic heterocycles. The Hall–Kier alpha value is -1.86. The van der Waals surface area contributed by atoms with Crippen LogP contribution >= 0.6 is 23.2 Å². The van der Waals surface area contributed by atoms with E-state index >= 15 is 0 Å². The first kappa shape index (κ1) is 27.2. The molecule has 1 aliphatic rings. The largest absolute Gasteiger partial charge is 0.316 e. The van der Waals surface area contributed by atoms with Gasteiger partial charge in [0.15, 0.2) is 0 Å². The Labute approximate surface area is 197 Å². The molecule has 1 fully saturated rings. The maximum atomic E-state index is 10.3. The van der Waals surface area contributed by atoms with Crippen molar-refractivity contribution < 1.29 is 4.79 Å². The standard InChI is InChI=1S/C10H12O.C9H19N.C7H3Cl2N/c1-8(2)10-5-3-9(7-11)4-6-10;1-8(2)6-9(3,4)7(8)10-5;8-6-2-1-5(4-10)7(9)3-6/h3-8H,1-2H3;7,10H,6H2,1-5H3;1-3H. The number of aldehydes is 1. The summed E-state index contributed by atoms with van der Waals surface area (Å²) in [6.45, 7) is 13.6. The molecule has 0 heterocycles. The summed E-state index contributed by atoms with van der Waals surface area (Å²) in [5, 5.41) is 12.8. The Kier molecular flexibility index (Phi) is 10.2. The smallest absolute Gasteiger partial charge is 0.150 e. The van der Waals surface area contributed by atoms with Gasteiger partial charge < -0.3 is 5.32 Å². The van der Waals surface area contributed by atoms with Crippen molar-refractivity contribution in [2.24, 2.45) is 10.8 Å². The van der Waals surface area contributed by atoms with Crippen molar-refractivity contribution in [1.29, 1.82) is 5.26 Å². The molecule has 1 saturated carbocycles. The van der Waals surface area contributed by atoms with Gasteiger partial charge in [0.1, 0.15) is 12.4 Å². The summed E-state index contributed by atoms with van der Waals surface area (Å²) >= 11 is 11.2. The lowest BCUT2D eigenvalue weighted by atomic mass is 9.52. The highest BCUT2D eigenvalue weighted by atomic mass is 35.5. The molecular formula is C26H34Cl2N2O. The summed E-state index contributed by atoms with van der Waals surface area (Å²) in [6, 6.07) is 15.1. The average molecular weight is 461 g/mol. The molecule has 0 unspecified atom stereocenters. The number of nitriles is 1. The highest BCUT2D eigenvalue weighted by Crippen LogP contribution is 2.53. The molecule has 0 radical (unpaired) electrons. The van der Waals surface area contributed by atoms with E-state index < -0.39 is 0 Å². The van der Waals surface area contributed by atoms with Gasteiger partial charge in [-0.05, 0) is 54.0 Å². The number of rotatable bonds is 3. The van der Waals surface area contributed by atoms with E-state index in [1.54, 1.807) is 18.2 Å². The van der Waals surface area contributed by atoms with E-state index in [9.17, 15) is 4.79 Å². The van der Waals surface area contributed by atoms with Gasteiger partial charge in [0.2, 0.25) is 0 Å². The van der Waals surface area contributed by atoms with Crippen LogP contribution in [0.5, 0.6) is 0 Å². The SMILES string of the molecule is CC(C)c1ccc(C=O)cc1.CNC1C(C)(C)CC1(C)C.N#Cc1ccc(Cl)cc1Cl. The van der Waals surface area contributed by atoms with Crippen LogP contribution in [0.1, 0.15) is 75.4 Å². The number of hydrogen-bond donors (Lipinski definition) is 1. The van der Waals surface area contributed by atoms with Gasteiger partial charge in [-0.1, -0.05) is 89.0 Å². The van der Waals surface area contributed by atoms with E-state index in [-0.39, 0.29) is 0 Å². The van der Waals surface area contributed by atoms with Crippen LogP contribution in [0.3, 0.4) is 0 Å². The van der Waals surface area contributed by atoms with Crippen molar-refractivity contribution >= 4 is 29.5 Å². The molecule has 0 amide bonds. The summed E-state index contributed by atoms with van der Waals surface area (Å²) in [4.78, 5) is 10.3. The minimum atomic E-state index is 0.398. The van der Waals surface area contributed by atoms with E-state index in [1.807, 2.05) is 30.3 Å². The number of hydrogen-bond acceptors (Lipinski definition) is 3. The quantitative estimate of drug-likeness (QED) is 0.481. The normalized spacial score (nSPS) is 16.0. The molecule has 1 N–H and O–H groups in total. The van der Waals surface area contributed by atoms with E-state index in [4.69, 9.17) is 28.5 Å². The Bertz CT molecular complexity index is 883. The van der Waals surface area contributed by atoms with E-state index in [1.165, 1.54) is 12.0 Å². The van der Waals surface area contributed by atoms with Crippen LogP contribution in [0.4, 0.5) is 0 Å². The zero-order valence-electron chi connectivity index (χ0n) is 19.6. The molecule has 168 valence electrons. The van der Waals surface area contributed by atoms with E-state index in [0.29, 0.717) is 38.4 Å². The molecule has 0 aromatic heterocycles. The number of carbonyl (C=O) groups excluding carboxylic acids is 1. The highest BCUT2D eigenvalue weighted by molar-refractivity contribution is 6.35.